The molecule has 0 amide bonds. The lowest BCUT2D eigenvalue weighted by Gasteiger charge is -2.30. The first kappa shape index (κ1) is 23.1. The van der Waals surface area contributed by atoms with Crippen LogP contribution < -0.4 is 4.85 Å². The van der Waals surface area contributed by atoms with Crippen LogP contribution in [-0.2, 0) is 37.4 Å². The van der Waals surface area contributed by atoms with Gasteiger partial charge in [0, 0.05) is 17.6 Å². The summed E-state index contributed by atoms with van der Waals surface area (Å²) in [7, 11) is -3.75. The fourth-order valence-corrected chi connectivity index (χ4v) is 5.25. The molecular weight excluding hydrogens is 405 g/mol. The first-order valence-electron chi connectivity index (χ1n) is 10.4. The van der Waals surface area contributed by atoms with Crippen LogP contribution in [0.1, 0.15) is 71.3 Å². The summed E-state index contributed by atoms with van der Waals surface area (Å²) in [6, 6.07) is 3.90. The van der Waals surface area contributed by atoms with Gasteiger partial charge in [0.05, 0.1) is 17.8 Å². The molecule has 0 aliphatic heterocycles. The van der Waals surface area contributed by atoms with Gasteiger partial charge in [0.2, 0.25) is 0 Å². The van der Waals surface area contributed by atoms with Crippen molar-refractivity contribution >= 4 is 18.9 Å². The van der Waals surface area contributed by atoms with Crippen molar-refractivity contribution in [2.24, 2.45) is 0 Å². The summed E-state index contributed by atoms with van der Waals surface area (Å²) in [5.41, 5.74) is 2.26. The summed E-state index contributed by atoms with van der Waals surface area (Å²) in [6.07, 6.45) is 4.02. The monoisotopic (exact) mass is 437 g/mol. The standard InChI is InChI=1S/C21H32N3O5P/c1-20(2,3)28-30(26,29-21(4,5)6)27-12-8-11-19-22-17-13-15-9-7-10-16(15)14-18(17)24(25)23-19/h13-14H,7-12H2,1-6H3. The Balaban J connectivity index is 1.65. The Labute approximate surface area is 178 Å². The molecule has 30 heavy (non-hydrogen) atoms. The number of hydrogen-bond acceptors (Lipinski definition) is 7. The molecule has 0 fully saturated rings. The summed E-state index contributed by atoms with van der Waals surface area (Å²) >= 11 is 0. The lowest BCUT2D eigenvalue weighted by molar-refractivity contribution is -0.644. The van der Waals surface area contributed by atoms with E-state index in [2.05, 4.69) is 10.1 Å². The average Bonchev–Trinajstić information content (AvgIpc) is 3.01. The van der Waals surface area contributed by atoms with E-state index in [-0.39, 0.29) is 6.61 Å². The van der Waals surface area contributed by atoms with Crippen molar-refractivity contribution in [1.82, 2.24) is 10.1 Å². The smallest absolute Gasteiger partial charge is 0.475 e. The number of hydrogen-bond donors (Lipinski definition) is 0. The highest BCUT2D eigenvalue weighted by molar-refractivity contribution is 7.48. The molecule has 3 rings (SSSR count). The van der Waals surface area contributed by atoms with Crippen molar-refractivity contribution in [2.75, 3.05) is 6.61 Å². The topological polar surface area (TPSA) is 97.5 Å². The van der Waals surface area contributed by atoms with E-state index in [1.807, 2.05) is 12.1 Å². The normalized spacial score (nSPS) is 15.0. The molecule has 166 valence electrons. The first-order chi connectivity index (χ1) is 13.8. The molecule has 2 aromatic rings. The van der Waals surface area contributed by atoms with Gasteiger partial charge in [-0.2, -0.15) is 0 Å². The Morgan fingerprint density at radius 3 is 2.27 bits per heavy atom. The Morgan fingerprint density at radius 1 is 1.07 bits per heavy atom. The highest BCUT2D eigenvalue weighted by atomic mass is 31.2. The van der Waals surface area contributed by atoms with Gasteiger partial charge >= 0.3 is 7.82 Å². The SMILES string of the molecule is CC(C)(C)OP(=O)(OCCCc1nc2cc3c(cc2[n+]([O-])n1)CCC3)OC(C)(C)C. The van der Waals surface area contributed by atoms with Crippen molar-refractivity contribution < 1.29 is 23.0 Å². The molecule has 0 radical (unpaired) electrons. The number of aromatic nitrogens is 3. The van der Waals surface area contributed by atoms with Crippen LogP contribution in [-0.4, -0.2) is 27.9 Å². The van der Waals surface area contributed by atoms with Crippen LogP contribution in [0.15, 0.2) is 12.1 Å². The fraction of sp³-hybridized carbons (Fsp3) is 0.667. The maximum atomic E-state index is 13.0. The second kappa shape index (κ2) is 8.50. The van der Waals surface area contributed by atoms with Gasteiger partial charge < -0.3 is 5.21 Å². The van der Waals surface area contributed by atoms with E-state index >= 15 is 0 Å². The van der Waals surface area contributed by atoms with Gasteiger partial charge in [-0.3, -0.25) is 13.6 Å². The van der Waals surface area contributed by atoms with Crippen LogP contribution in [0, 0.1) is 5.21 Å². The van der Waals surface area contributed by atoms with Gasteiger partial charge in [-0.15, -0.1) is 0 Å². The fourth-order valence-electron chi connectivity index (χ4n) is 3.42. The van der Waals surface area contributed by atoms with Crippen LogP contribution in [0.25, 0.3) is 11.0 Å². The zero-order chi connectivity index (χ0) is 22.2. The average molecular weight is 437 g/mol. The van der Waals surface area contributed by atoms with Gasteiger partial charge in [0.25, 0.3) is 5.52 Å². The third-order valence-corrected chi connectivity index (χ3v) is 6.46. The Kier molecular flexibility index (Phi) is 6.54. The van der Waals surface area contributed by atoms with Gasteiger partial charge in [-0.1, -0.05) is 0 Å². The molecule has 1 aromatic carbocycles. The molecule has 1 aliphatic rings. The second-order valence-corrected chi connectivity index (χ2v) is 11.2. The molecule has 0 saturated carbocycles. The van der Waals surface area contributed by atoms with Gasteiger partial charge in [0.15, 0.2) is 5.82 Å². The molecule has 0 atom stereocenters. The largest absolute Gasteiger partial charge is 0.594 e. The van der Waals surface area contributed by atoms with Gasteiger partial charge in [0.1, 0.15) is 5.52 Å². The summed E-state index contributed by atoms with van der Waals surface area (Å²) in [5, 5.41) is 16.4. The van der Waals surface area contributed by atoms with Crippen molar-refractivity contribution in [3.63, 3.8) is 0 Å². The quantitative estimate of drug-likeness (QED) is 0.273. The maximum absolute atomic E-state index is 13.0. The highest BCUT2D eigenvalue weighted by Crippen LogP contribution is 2.55. The molecule has 8 nitrogen and oxygen atoms in total. The second-order valence-electron chi connectivity index (χ2n) is 9.66. The molecule has 0 bridgehead atoms. The lowest BCUT2D eigenvalue weighted by Crippen LogP contribution is -2.34. The number of benzene rings is 1. The Morgan fingerprint density at radius 2 is 1.67 bits per heavy atom. The van der Waals surface area contributed by atoms with Gasteiger partial charge in [-0.25, -0.2) is 9.55 Å². The van der Waals surface area contributed by atoms with Crippen LogP contribution in [0.3, 0.4) is 0 Å². The van der Waals surface area contributed by atoms with E-state index in [0.717, 1.165) is 19.3 Å². The first-order valence-corrected chi connectivity index (χ1v) is 11.9. The highest BCUT2D eigenvalue weighted by Gasteiger charge is 2.37. The van der Waals surface area contributed by atoms with Gasteiger partial charge in [-0.05, 0) is 89.3 Å². The van der Waals surface area contributed by atoms with E-state index < -0.39 is 19.0 Å². The summed E-state index contributed by atoms with van der Waals surface area (Å²) in [4.78, 5) is 5.19. The third-order valence-electron chi connectivity index (χ3n) is 4.42. The Hall–Kier alpha value is -1.60. The van der Waals surface area contributed by atoms with Crippen LogP contribution in [0.5, 0.6) is 0 Å². The lowest BCUT2D eigenvalue weighted by atomic mass is 10.1. The molecule has 9 heteroatoms. The minimum atomic E-state index is -3.75. The van der Waals surface area contributed by atoms with E-state index in [0.29, 0.717) is 34.5 Å². The minimum Gasteiger partial charge on any atom is -0.594 e. The third kappa shape index (κ3) is 6.20. The number of phosphoric acid groups is 1. The summed E-state index contributed by atoms with van der Waals surface area (Å²) in [5.74, 6) is 0.433. The molecule has 0 saturated heterocycles. The van der Waals surface area contributed by atoms with Crippen molar-refractivity contribution in [3.05, 3.63) is 34.3 Å². The summed E-state index contributed by atoms with van der Waals surface area (Å²) in [6.45, 7) is 10.9. The molecule has 0 N–H and O–H groups in total. The molecule has 1 aliphatic carbocycles. The number of fused-ring (bicyclic) bond motifs is 2. The molecule has 1 heterocycles. The zero-order valence-electron chi connectivity index (χ0n) is 18.7. The number of aryl methyl sites for hydroxylation is 3. The van der Waals surface area contributed by atoms with E-state index in [1.165, 1.54) is 11.1 Å². The van der Waals surface area contributed by atoms with Crippen molar-refractivity contribution in [2.45, 2.75) is 84.8 Å². The number of phosphoric ester groups is 1. The van der Waals surface area contributed by atoms with E-state index in [9.17, 15) is 9.77 Å². The Bertz CT molecular complexity index is 946. The van der Waals surface area contributed by atoms with Crippen LogP contribution in [0.4, 0.5) is 0 Å². The predicted octanol–water partition coefficient (Wildman–Crippen LogP) is 4.44. The molecule has 1 aromatic heterocycles. The predicted molar refractivity (Wildman–Crippen MR) is 114 cm³/mol. The van der Waals surface area contributed by atoms with E-state index in [1.54, 1.807) is 41.5 Å². The summed E-state index contributed by atoms with van der Waals surface area (Å²) < 4.78 is 29.8. The van der Waals surface area contributed by atoms with Crippen LogP contribution in [0.2, 0.25) is 0 Å². The number of nitrogens with zero attached hydrogens (tertiary/aromatic N) is 3. The molecular formula is C21H32N3O5P. The zero-order valence-corrected chi connectivity index (χ0v) is 19.6. The molecule has 0 unspecified atom stereocenters. The maximum Gasteiger partial charge on any atom is 0.475 e. The van der Waals surface area contributed by atoms with Crippen molar-refractivity contribution in [3.8, 4) is 0 Å². The van der Waals surface area contributed by atoms with E-state index in [4.69, 9.17) is 13.6 Å². The van der Waals surface area contributed by atoms with Crippen molar-refractivity contribution in [1.29, 1.82) is 0 Å². The van der Waals surface area contributed by atoms with Crippen LogP contribution >= 0.6 is 7.82 Å². The number of rotatable bonds is 7. The minimum absolute atomic E-state index is 0.133. The molecule has 0 spiro atoms.